The summed E-state index contributed by atoms with van der Waals surface area (Å²) < 4.78 is 13.6. The Bertz CT molecular complexity index is 880. The molecular weight excluding hydrogens is 530 g/mol. The SMILES string of the molecule is CCNC(=NCc1ccc(N2CCC(CO)CC2)cc1)NCC(C)(C)c1cccc(F)c1.I. The summed E-state index contributed by atoms with van der Waals surface area (Å²) in [5, 5.41) is 16.0. The average Bonchev–Trinajstić information content (AvgIpc) is 2.81. The van der Waals surface area contributed by atoms with Gasteiger partial charge in [-0.2, -0.15) is 0 Å². The van der Waals surface area contributed by atoms with Crippen molar-refractivity contribution in [1.82, 2.24) is 10.6 Å². The van der Waals surface area contributed by atoms with Crippen molar-refractivity contribution in [2.24, 2.45) is 10.9 Å². The molecule has 0 atom stereocenters. The smallest absolute Gasteiger partial charge is 0.191 e. The van der Waals surface area contributed by atoms with Gasteiger partial charge in [-0.3, -0.25) is 0 Å². The number of guanidine groups is 1. The molecule has 1 heterocycles. The lowest BCUT2D eigenvalue weighted by Gasteiger charge is -2.32. The van der Waals surface area contributed by atoms with E-state index in [0.29, 0.717) is 25.6 Å². The first-order chi connectivity index (χ1) is 15.4. The van der Waals surface area contributed by atoms with Crippen molar-refractivity contribution >= 4 is 35.6 Å². The number of rotatable bonds is 8. The number of piperidine rings is 1. The molecule has 182 valence electrons. The lowest BCUT2D eigenvalue weighted by Crippen LogP contribution is -2.43. The second-order valence-corrected chi connectivity index (χ2v) is 9.22. The highest BCUT2D eigenvalue weighted by atomic mass is 127. The molecule has 33 heavy (non-hydrogen) atoms. The van der Waals surface area contributed by atoms with Gasteiger partial charge in [0.2, 0.25) is 0 Å². The van der Waals surface area contributed by atoms with E-state index >= 15 is 0 Å². The zero-order valence-corrected chi connectivity index (χ0v) is 22.3. The van der Waals surface area contributed by atoms with Gasteiger partial charge in [-0.25, -0.2) is 9.38 Å². The molecule has 0 spiro atoms. The highest BCUT2D eigenvalue weighted by Crippen LogP contribution is 2.24. The number of anilines is 1. The molecule has 0 radical (unpaired) electrons. The number of halogens is 2. The minimum absolute atomic E-state index is 0. The maximum atomic E-state index is 13.6. The molecule has 3 rings (SSSR count). The fourth-order valence-electron chi connectivity index (χ4n) is 4.01. The van der Waals surface area contributed by atoms with Crippen molar-refractivity contribution in [3.63, 3.8) is 0 Å². The van der Waals surface area contributed by atoms with E-state index in [-0.39, 0.29) is 35.2 Å². The Kier molecular flexibility index (Phi) is 10.9. The predicted molar refractivity (Wildman–Crippen MR) is 146 cm³/mol. The van der Waals surface area contributed by atoms with Gasteiger partial charge in [0.25, 0.3) is 0 Å². The van der Waals surface area contributed by atoms with Crippen molar-refractivity contribution in [3.05, 3.63) is 65.5 Å². The third-order valence-corrected chi connectivity index (χ3v) is 6.24. The van der Waals surface area contributed by atoms with Crippen molar-refractivity contribution < 1.29 is 9.50 Å². The van der Waals surface area contributed by atoms with Crippen LogP contribution in [-0.4, -0.2) is 43.9 Å². The highest BCUT2D eigenvalue weighted by molar-refractivity contribution is 14.0. The van der Waals surface area contributed by atoms with Crippen LogP contribution in [0.15, 0.2) is 53.5 Å². The fraction of sp³-hybridized carbons (Fsp3) is 0.500. The summed E-state index contributed by atoms with van der Waals surface area (Å²) in [6, 6.07) is 15.4. The summed E-state index contributed by atoms with van der Waals surface area (Å²) >= 11 is 0. The summed E-state index contributed by atoms with van der Waals surface area (Å²) in [7, 11) is 0. The minimum Gasteiger partial charge on any atom is -0.396 e. The van der Waals surface area contributed by atoms with Gasteiger partial charge in [-0.05, 0) is 61.1 Å². The van der Waals surface area contributed by atoms with Gasteiger partial charge in [-0.15, -0.1) is 24.0 Å². The van der Waals surface area contributed by atoms with E-state index in [4.69, 9.17) is 4.99 Å². The van der Waals surface area contributed by atoms with Gasteiger partial charge >= 0.3 is 0 Å². The van der Waals surface area contributed by atoms with Crippen LogP contribution in [0, 0.1) is 11.7 Å². The van der Waals surface area contributed by atoms with Crippen LogP contribution in [0.4, 0.5) is 10.1 Å². The first-order valence-corrected chi connectivity index (χ1v) is 11.6. The van der Waals surface area contributed by atoms with E-state index in [1.54, 1.807) is 12.1 Å². The van der Waals surface area contributed by atoms with Crippen LogP contribution in [0.1, 0.15) is 44.7 Å². The lowest BCUT2D eigenvalue weighted by molar-refractivity contribution is 0.203. The molecule has 3 N–H and O–H groups in total. The molecule has 2 aromatic rings. The molecule has 0 unspecified atom stereocenters. The number of nitrogens with zero attached hydrogens (tertiary/aromatic N) is 2. The Labute approximate surface area is 214 Å². The summed E-state index contributed by atoms with van der Waals surface area (Å²) in [6.45, 7) is 10.5. The summed E-state index contributed by atoms with van der Waals surface area (Å²) in [6.07, 6.45) is 2.10. The van der Waals surface area contributed by atoms with Crippen LogP contribution in [0.5, 0.6) is 0 Å². The van der Waals surface area contributed by atoms with Crippen molar-refractivity contribution in [3.8, 4) is 0 Å². The molecule has 0 saturated carbocycles. The molecule has 0 aromatic heterocycles. The van der Waals surface area contributed by atoms with Crippen LogP contribution in [0.25, 0.3) is 0 Å². The number of benzene rings is 2. The lowest BCUT2D eigenvalue weighted by atomic mass is 9.84. The minimum atomic E-state index is -0.233. The van der Waals surface area contributed by atoms with Gasteiger partial charge in [0.15, 0.2) is 5.96 Å². The predicted octanol–water partition coefficient (Wildman–Crippen LogP) is 4.69. The molecule has 0 aliphatic carbocycles. The second-order valence-electron chi connectivity index (χ2n) is 9.22. The van der Waals surface area contributed by atoms with Crippen molar-refractivity contribution in [1.29, 1.82) is 0 Å². The molecule has 1 aliphatic heterocycles. The molecule has 7 heteroatoms. The van der Waals surface area contributed by atoms with E-state index in [9.17, 15) is 9.50 Å². The van der Waals surface area contributed by atoms with Crippen LogP contribution in [0.2, 0.25) is 0 Å². The van der Waals surface area contributed by atoms with Crippen LogP contribution in [-0.2, 0) is 12.0 Å². The highest BCUT2D eigenvalue weighted by Gasteiger charge is 2.21. The van der Waals surface area contributed by atoms with Crippen molar-refractivity contribution in [2.75, 3.05) is 37.7 Å². The van der Waals surface area contributed by atoms with Crippen LogP contribution in [0.3, 0.4) is 0 Å². The largest absolute Gasteiger partial charge is 0.396 e. The molecule has 1 saturated heterocycles. The van der Waals surface area contributed by atoms with Crippen molar-refractivity contribution in [2.45, 2.75) is 45.6 Å². The Hall–Kier alpha value is -1.87. The van der Waals surface area contributed by atoms with Crippen LogP contribution < -0.4 is 15.5 Å². The van der Waals surface area contributed by atoms with Gasteiger partial charge in [0, 0.05) is 43.9 Å². The van der Waals surface area contributed by atoms with Gasteiger partial charge in [-0.1, -0.05) is 38.1 Å². The molecule has 2 aromatic carbocycles. The topological polar surface area (TPSA) is 59.9 Å². The van der Waals surface area contributed by atoms with Gasteiger partial charge in [0.1, 0.15) is 5.82 Å². The standard InChI is InChI=1S/C26H37FN4O.HI/c1-4-28-25(30-19-26(2,3)22-6-5-7-23(27)16-22)29-17-20-8-10-24(11-9-20)31-14-12-21(18-32)13-15-31;/h5-11,16,21,32H,4,12-15,17-19H2,1-3H3,(H2,28,29,30);1H. The Morgan fingerprint density at radius 1 is 1.12 bits per heavy atom. The van der Waals surface area contributed by atoms with Gasteiger partial charge in [0.05, 0.1) is 6.54 Å². The summed E-state index contributed by atoms with van der Waals surface area (Å²) in [5.41, 5.74) is 3.11. The van der Waals surface area contributed by atoms with E-state index in [1.165, 1.54) is 11.8 Å². The Morgan fingerprint density at radius 3 is 2.42 bits per heavy atom. The number of hydrogen-bond donors (Lipinski definition) is 3. The van der Waals surface area contributed by atoms with E-state index < -0.39 is 0 Å². The summed E-state index contributed by atoms with van der Waals surface area (Å²) in [4.78, 5) is 7.13. The second kappa shape index (κ2) is 13.1. The normalized spacial score (nSPS) is 15.2. The van der Waals surface area contributed by atoms with Crippen LogP contribution >= 0.6 is 24.0 Å². The number of hydrogen-bond acceptors (Lipinski definition) is 3. The Morgan fingerprint density at radius 2 is 1.82 bits per heavy atom. The summed E-state index contributed by atoms with van der Waals surface area (Å²) in [5.74, 6) is 0.993. The number of aliphatic imine (C=N–C) groups is 1. The monoisotopic (exact) mass is 568 g/mol. The third kappa shape index (κ3) is 8.14. The number of aliphatic hydroxyl groups excluding tert-OH is 1. The first kappa shape index (κ1) is 27.4. The zero-order valence-electron chi connectivity index (χ0n) is 20.0. The van der Waals surface area contributed by atoms with Gasteiger partial charge < -0.3 is 20.6 Å². The number of aliphatic hydroxyl groups is 1. The van der Waals surface area contributed by atoms with E-state index in [2.05, 4.69) is 53.6 Å². The molecule has 1 aliphatic rings. The fourth-order valence-corrected chi connectivity index (χ4v) is 4.01. The molecule has 5 nitrogen and oxygen atoms in total. The third-order valence-electron chi connectivity index (χ3n) is 6.24. The Balaban J connectivity index is 0.00000385. The molecule has 1 fully saturated rings. The maximum Gasteiger partial charge on any atom is 0.191 e. The quantitative estimate of drug-likeness (QED) is 0.246. The first-order valence-electron chi connectivity index (χ1n) is 11.6. The number of nitrogens with one attached hydrogen (secondary N) is 2. The molecule has 0 bridgehead atoms. The molecular formula is C26H38FIN4O. The maximum absolute atomic E-state index is 13.6. The molecule has 0 amide bonds. The van der Waals surface area contributed by atoms with E-state index in [0.717, 1.165) is 49.6 Å². The average molecular weight is 569 g/mol. The zero-order chi connectivity index (χ0) is 23.0. The van der Waals surface area contributed by atoms with E-state index in [1.807, 2.05) is 13.0 Å².